The Bertz CT molecular complexity index is 279. The van der Waals surface area contributed by atoms with Crippen LogP contribution in [0.1, 0.15) is 56.9 Å². The summed E-state index contributed by atoms with van der Waals surface area (Å²) in [4.78, 5) is 4.23. The lowest BCUT2D eigenvalue weighted by Gasteiger charge is -2.29. The van der Waals surface area contributed by atoms with E-state index in [1.165, 1.54) is 44.1 Å². The average Bonchev–Trinajstić information content (AvgIpc) is 2.31. The van der Waals surface area contributed by atoms with Gasteiger partial charge < -0.3 is 0 Å². The molecule has 2 atom stereocenters. The zero-order valence-corrected chi connectivity index (χ0v) is 9.65. The summed E-state index contributed by atoms with van der Waals surface area (Å²) < 4.78 is 0. The van der Waals surface area contributed by atoms with Crippen LogP contribution in [0.15, 0.2) is 24.5 Å². The van der Waals surface area contributed by atoms with E-state index < -0.39 is 0 Å². The van der Waals surface area contributed by atoms with Gasteiger partial charge in [0.15, 0.2) is 0 Å². The van der Waals surface area contributed by atoms with Crippen LogP contribution in [0.25, 0.3) is 0 Å². The lowest BCUT2D eigenvalue weighted by atomic mass is 9.77. The maximum atomic E-state index is 4.23. The largest absolute Gasteiger partial charge is 0.264 e. The Kier molecular flexibility index (Phi) is 3.76. The molecule has 0 amide bonds. The molecule has 2 rings (SSSR count). The number of pyridine rings is 1. The summed E-state index contributed by atoms with van der Waals surface area (Å²) in [5, 5.41) is 0. The normalized spacial score (nSPS) is 26.5. The Morgan fingerprint density at radius 2 is 2.33 bits per heavy atom. The second-order valence-corrected chi connectivity index (χ2v) is 4.80. The fourth-order valence-electron chi connectivity index (χ4n) is 2.88. The van der Waals surface area contributed by atoms with Crippen molar-refractivity contribution in [3.63, 3.8) is 0 Å². The highest BCUT2D eigenvalue weighted by Crippen LogP contribution is 2.37. The molecule has 1 aromatic rings. The van der Waals surface area contributed by atoms with Crippen molar-refractivity contribution in [2.45, 2.75) is 51.4 Å². The van der Waals surface area contributed by atoms with Gasteiger partial charge in [-0.2, -0.15) is 0 Å². The van der Waals surface area contributed by atoms with Crippen LogP contribution in [0, 0.1) is 5.92 Å². The van der Waals surface area contributed by atoms with Crippen LogP contribution in [0.3, 0.4) is 0 Å². The first-order valence-electron chi connectivity index (χ1n) is 6.30. The summed E-state index contributed by atoms with van der Waals surface area (Å²) in [7, 11) is 0. The first-order valence-corrected chi connectivity index (χ1v) is 6.30. The van der Waals surface area contributed by atoms with E-state index in [0.717, 1.165) is 11.8 Å². The standard InChI is InChI=1S/C14H21N/c1-2-5-12-6-3-7-13(10-12)14-8-4-9-15-11-14/h4,8-9,11-13H,2-3,5-7,10H2,1H3. The minimum atomic E-state index is 0.781. The topological polar surface area (TPSA) is 12.9 Å². The summed E-state index contributed by atoms with van der Waals surface area (Å²) in [6.45, 7) is 2.30. The molecule has 15 heavy (non-hydrogen) atoms. The van der Waals surface area contributed by atoms with Gasteiger partial charge in [-0.25, -0.2) is 0 Å². The van der Waals surface area contributed by atoms with E-state index >= 15 is 0 Å². The van der Waals surface area contributed by atoms with Gasteiger partial charge in [-0.1, -0.05) is 38.7 Å². The molecule has 0 radical (unpaired) electrons. The van der Waals surface area contributed by atoms with Crippen LogP contribution in [0.2, 0.25) is 0 Å². The van der Waals surface area contributed by atoms with Crippen molar-refractivity contribution in [2.75, 3.05) is 0 Å². The number of aromatic nitrogens is 1. The zero-order valence-electron chi connectivity index (χ0n) is 9.65. The summed E-state index contributed by atoms with van der Waals surface area (Å²) in [6, 6.07) is 4.31. The monoisotopic (exact) mass is 203 g/mol. The average molecular weight is 203 g/mol. The van der Waals surface area contributed by atoms with Gasteiger partial charge in [0.1, 0.15) is 0 Å². The van der Waals surface area contributed by atoms with Crippen LogP contribution in [0.5, 0.6) is 0 Å². The Hall–Kier alpha value is -0.850. The molecular formula is C14H21N. The third-order valence-electron chi connectivity index (χ3n) is 3.64. The van der Waals surface area contributed by atoms with Crippen molar-refractivity contribution in [2.24, 2.45) is 5.92 Å². The summed E-state index contributed by atoms with van der Waals surface area (Å²) in [5.41, 5.74) is 1.46. The summed E-state index contributed by atoms with van der Waals surface area (Å²) in [6.07, 6.45) is 12.3. The van der Waals surface area contributed by atoms with Gasteiger partial charge in [0.25, 0.3) is 0 Å². The van der Waals surface area contributed by atoms with E-state index in [1.807, 2.05) is 6.20 Å². The lowest BCUT2D eigenvalue weighted by Crippen LogP contribution is -2.14. The van der Waals surface area contributed by atoms with Crippen molar-refractivity contribution in [1.82, 2.24) is 4.98 Å². The smallest absolute Gasteiger partial charge is 0.0302 e. The molecule has 1 aromatic heterocycles. The minimum absolute atomic E-state index is 0.781. The van der Waals surface area contributed by atoms with Gasteiger partial charge in [-0.05, 0) is 36.3 Å². The van der Waals surface area contributed by atoms with E-state index in [0.29, 0.717) is 0 Å². The predicted molar refractivity (Wildman–Crippen MR) is 63.8 cm³/mol. The molecule has 0 bridgehead atoms. The van der Waals surface area contributed by atoms with Gasteiger partial charge in [0, 0.05) is 12.4 Å². The molecule has 1 saturated carbocycles. The molecule has 1 aliphatic rings. The lowest BCUT2D eigenvalue weighted by molar-refractivity contribution is 0.304. The highest BCUT2D eigenvalue weighted by atomic mass is 14.6. The van der Waals surface area contributed by atoms with E-state index in [1.54, 1.807) is 0 Å². The van der Waals surface area contributed by atoms with Crippen molar-refractivity contribution < 1.29 is 0 Å². The quantitative estimate of drug-likeness (QED) is 0.719. The molecule has 2 unspecified atom stereocenters. The van der Waals surface area contributed by atoms with Gasteiger partial charge in [-0.15, -0.1) is 0 Å². The first kappa shape index (κ1) is 10.7. The van der Waals surface area contributed by atoms with E-state index in [9.17, 15) is 0 Å². The molecule has 0 spiro atoms. The molecule has 1 nitrogen and oxygen atoms in total. The van der Waals surface area contributed by atoms with Gasteiger partial charge in [0.05, 0.1) is 0 Å². The van der Waals surface area contributed by atoms with Crippen LogP contribution in [-0.2, 0) is 0 Å². The molecule has 0 aromatic carbocycles. The van der Waals surface area contributed by atoms with E-state index in [2.05, 4.69) is 30.2 Å². The zero-order chi connectivity index (χ0) is 10.5. The van der Waals surface area contributed by atoms with Gasteiger partial charge in [-0.3, -0.25) is 4.98 Å². The first-order chi connectivity index (χ1) is 7.40. The molecule has 1 heteroatoms. The van der Waals surface area contributed by atoms with Crippen molar-refractivity contribution in [3.8, 4) is 0 Å². The molecule has 1 aliphatic carbocycles. The van der Waals surface area contributed by atoms with Gasteiger partial charge >= 0.3 is 0 Å². The fraction of sp³-hybridized carbons (Fsp3) is 0.643. The molecule has 0 aliphatic heterocycles. The van der Waals surface area contributed by atoms with Gasteiger partial charge in [0.2, 0.25) is 0 Å². The van der Waals surface area contributed by atoms with Crippen molar-refractivity contribution in [1.29, 1.82) is 0 Å². The maximum absolute atomic E-state index is 4.23. The number of hydrogen-bond acceptors (Lipinski definition) is 1. The summed E-state index contributed by atoms with van der Waals surface area (Å²) in [5.74, 6) is 1.75. The highest BCUT2D eigenvalue weighted by Gasteiger charge is 2.22. The fourth-order valence-corrected chi connectivity index (χ4v) is 2.88. The number of hydrogen-bond donors (Lipinski definition) is 0. The molecular weight excluding hydrogens is 182 g/mol. The third kappa shape index (κ3) is 2.80. The Morgan fingerprint density at radius 1 is 1.40 bits per heavy atom. The molecule has 1 heterocycles. The highest BCUT2D eigenvalue weighted by molar-refractivity contribution is 5.15. The number of rotatable bonds is 3. The van der Waals surface area contributed by atoms with Crippen molar-refractivity contribution >= 4 is 0 Å². The van der Waals surface area contributed by atoms with E-state index in [4.69, 9.17) is 0 Å². The van der Waals surface area contributed by atoms with Crippen LogP contribution >= 0.6 is 0 Å². The molecule has 0 saturated heterocycles. The number of nitrogens with zero attached hydrogens (tertiary/aromatic N) is 1. The van der Waals surface area contributed by atoms with Crippen LogP contribution in [-0.4, -0.2) is 4.98 Å². The second kappa shape index (κ2) is 5.29. The second-order valence-electron chi connectivity index (χ2n) is 4.80. The SMILES string of the molecule is CCCC1CCCC(c2cccnc2)C1. The Labute approximate surface area is 92.9 Å². The minimum Gasteiger partial charge on any atom is -0.264 e. The van der Waals surface area contributed by atoms with Crippen molar-refractivity contribution in [3.05, 3.63) is 30.1 Å². The maximum Gasteiger partial charge on any atom is 0.0302 e. The van der Waals surface area contributed by atoms with E-state index in [-0.39, 0.29) is 0 Å². The molecule has 1 fully saturated rings. The predicted octanol–water partition coefficient (Wildman–Crippen LogP) is 4.16. The summed E-state index contributed by atoms with van der Waals surface area (Å²) >= 11 is 0. The Morgan fingerprint density at radius 3 is 3.07 bits per heavy atom. The Balaban J connectivity index is 1.98. The molecule has 82 valence electrons. The third-order valence-corrected chi connectivity index (χ3v) is 3.64. The van der Waals surface area contributed by atoms with Crippen LogP contribution < -0.4 is 0 Å². The van der Waals surface area contributed by atoms with Crippen LogP contribution in [0.4, 0.5) is 0 Å². The molecule has 0 N–H and O–H groups in total.